The smallest absolute Gasteiger partial charge is 0.231 e. The summed E-state index contributed by atoms with van der Waals surface area (Å²) in [4.78, 5) is 0. The summed E-state index contributed by atoms with van der Waals surface area (Å²) in [5.41, 5.74) is 1.79. The number of nitrogens with zero attached hydrogens (tertiary/aromatic N) is 2. The summed E-state index contributed by atoms with van der Waals surface area (Å²) in [6.45, 7) is 0.846. The Hall–Kier alpha value is -2.28. The lowest BCUT2D eigenvalue weighted by Crippen LogP contribution is -2.28. The summed E-state index contributed by atoms with van der Waals surface area (Å²) in [5, 5.41) is 11.0. The highest BCUT2D eigenvalue weighted by Gasteiger charge is 2.13. The van der Waals surface area contributed by atoms with Gasteiger partial charge in [0.1, 0.15) is 0 Å². The van der Waals surface area contributed by atoms with Crippen LogP contribution in [-0.2, 0) is 13.6 Å². The number of rotatable bonds is 3. The van der Waals surface area contributed by atoms with E-state index < -0.39 is 0 Å². The minimum absolute atomic E-state index is 0.265. The molecule has 6 nitrogen and oxygen atoms in total. The highest BCUT2D eigenvalue weighted by Crippen LogP contribution is 2.34. The number of aryl methyl sites for hydroxylation is 1. The van der Waals surface area contributed by atoms with Gasteiger partial charge in [-0.05, 0) is 30.4 Å². The van der Waals surface area contributed by atoms with Crippen LogP contribution < -0.4 is 20.1 Å². The molecule has 0 fully saturated rings. The predicted molar refractivity (Wildman–Crippen MR) is 78.8 cm³/mol. The fraction of sp³-hybridized carbons (Fsp3) is 0.231. The van der Waals surface area contributed by atoms with E-state index in [1.165, 1.54) is 0 Å². The van der Waals surface area contributed by atoms with Crippen molar-refractivity contribution in [2.75, 3.05) is 12.1 Å². The van der Waals surface area contributed by atoms with Gasteiger partial charge in [-0.1, -0.05) is 0 Å². The maximum Gasteiger partial charge on any atom is 0.231 e. The summed E-state index contributed by atoms with van der Waals surface area (Å²) in [7, 11) is 1.88. The lowest BCUT2D eigenvalue weighted by Gasteiger charge is -2.10. The number of nitrogens with one attached hydrogen (secondary N) is 2. The monoisotopic (exact) mass is 290 g/mol. The number of benzene rings is 1. The van der Waals surface area contributed by atoms with Crippen LogP contribution in [0.25, 0.3) is 0 Å². The van der Waals surface area contributed by atoms with Crippen LogP contribution in [0, 0.1) is 0 Å². The van der Waals surface area contributed by atoms with E-state index >= 15 is 0 Å². The number of anilines is 1. The number of thiocarbonyl (C=S) groups is 1. The van der Waals surface area contributed by atoms with E-state index in [0.29, 0.717) is 11.7 Å². The van der Waals surface area contributed by atoms with Crippen LogP contribution in [0.3, 0.4) is 0 Å². The maximum atomic E-state index is 5.31. The quantitative estimate of drug-likeness (QED) is 0.838. The average Bonchev–Trinajstić information content (AvgIpc) is 3.04. The molecular formula is C13H14N4O2S. The van der Waals surface area contributed by atoms with Crippen molar-refractivity contribution >= 4 is 23.0 Å². The molecule has 1 aromatic heterocycles. The van der Waals surface area contributed by atoms with Gasteiger partial charge >= 0.3 is 0 Å². The highest BCUT2D eigenvalue weighted by atomic mass is 32.1. The molecule has 3 rings (SSSR count). The minimum atomic E-state index is 0.265. The molecule has 0 atom stereocenters. The SMILES string of the molecule is Cn1ccc(CNC(=S)Nc2ccc3c(c2)OCO3)n1. The molecule has 0 saturated carbocycles. The first-order valence-corrected chi connectivity index (χ1v) is 6.54. The van der Waals surface area contributed by atoms with Crippen LogP contribution in [0.2, 0.25) is 0 Å². The molecule has 20 heavy (non-hydrogen) atoms. The van der Waals surface area contributed by atoms with Crippen molar-refractivity contribution in [2.45, 2.75) is 6.54 Å². The van der Waals surface area contributed by atoms with Gasteiger partial charge in [0.2, 0.25) is 6.79 Å². The molecule has 0 bridgehead atoms. The Balaban J connectivity index is 1.56. The van der Waals surface area contributed by atoms with Gasteiger partial charge in [0, 0.05) is 25.0 Å². The second-order valence-corrected chi connectivity index (χ2v) is 4.76. The van der Waals surface area contributed by atoms with Gasteiger partial charge in [0.05, 0.1) is 12.2 Å². The summed E-state index contributed by atoms with van der Waals surface area (Å²) >= 11 is 5.24. The molecule has 0 saturated heterocycles. The van der Waals surface area contributed by atoms with Crippen LogP contribution in [0.4, 0.5) is 5.69 Å². The second kappa shape index (κ2) is 5.38. The molecule has 1 aliphatic rings. The third-order valence-corrected chi connectivity index (χ3v) is 3.08. The van der Waals surface area contributed by atoms with Crippen molar-refractivity contribution < 1.29 is 9.47 Å². The Morgan fingerprint density at radius 2 is 2.20 bits per heavy atom. The van der Waals surface area contributed by atoms with Gasteiger partial charge in [-0.25, -0.2) is 0 Å². The molecule has 0 aliphatic carbocycles. The Kier molecular flexibility index (Phi) is 3.42. The molecule has 1 aliphatic heterocycles. The van der Waals surface area contributed by atoms with E-state index in [1.807, 2.05) is 37.5 Å². The van der Waals surface area contributed by atoms with E-state index in [1.54, 1.807) is 4.68 Å². The Morgan fingerprint density at radius 3 is 3.00 bits per heavy atom. The molecular weight excluding hydrogens is 276 g/mol. The van der Waals surface area contributed by atoms with Crippen molar-refractivity contribution in [3.05, 3.63) is 36.2 Å². The number of hydrogen-bond acceptors (Lipinski definition) is 4. The number of aromatic nitrogens is 2. The minimum Gasteiger partial charge on any atom is -0.454 e. The molecule has 0 radical (unpaired) electrons. The van der Waals surface area contributed by atoms with Gasteiger partial charge in [0.15, 0.2) is 16.6 Å². The van der Waals surface area contributed by atoms with Gasteiger partial charge < -0.3 is 20.1 Å². The third-order valence-electron chi connectivity index (χ3n) is 2.83. The van der Waals surface area contributed by atoms with Gasteiger partial charge in [0.25, 0.3) is 0 Å². The first-order chi connectivity index (χ1) is 9.70. The van der Waals surface area contributed by atoms with E-state index in [-0.39, 0.29) is 6.79 Å². The zero-order chi connectivity index (χ0) is 13.9. The lowest BCUT2D eigenvalue weighted by atomic mass is 10.3. The van der Waals surface area contributed by atoms with E-state index in [2.05, 4.69) is 15.7 Å². The van der Waals surface area contributed by atoms with Crippen molar-refractivity contribution in [3.8, 4) is 11.5 Å². The molecule has 0 spiro atoms. The van der Waals surface area contributed by atoms with E-state index in [4.69, 9.17) is 21.7 Å². The lowest BCUT2D eigenvalue weighted by molar-refractivity contribution is 0.174. The molecule has 1 aromatic carbocycles. The fourth-order valence-corrected chi connectivity index (χ4v) is 2.07. The zero-order valence-electron chi connectivity index (χ0n) is 10.9. The Morgan fingerprint density at radius 1 is 1.35 bits per heavy atom. The number of hydrogen-bond donors (Lipinski definition) is 2. The topological polar surface area (TPSA) is 60.3 Å². The molecule has 104 valence electrons. The normalized spacial score (nSPS) is 12.2. The predicted octanol–water partition coefficient (Wildman–Crippen LogP) is 1.64. The number of fused-ring (bicyclic) bond motifs is 1. The van der Waals surface area contributed by atoms with Gasteiger partial charge in [-0.15, -0.1) is 0 Å². The first-order valence-electron chi connectivity index (χ1n) is 6.14. The molecule has 2 heterocycles. The van der Waals surface area contributed by atoms with Crippen LogP contribution >= 0.6 is 12.2 Å². The van der Waals surface area contributed by atoms with Crippen molar-refractivity contribution in [1.29, 1.82) is 0 Å². The van der Waals surface area contributed by atoms with Gasteiger partial charge in [-0.3, -0.25) is 4.68 Å². The number of ether oxygens (including phenoxy) is 2. The van der Waals surface area contributed by atoms with Gasteiger partial charge in [-0.2, -0.15) is 5.10 Å². The van der Waals surface area contributed by atoms with Crippen molar-refractivity contribution in [3.63, 3.8) is 0 Å². The fourth-order valence-electron chi connectivity index (χ4n) is 1.88. The summed E-state index contributed by atoms with van der Waals surface area (Å²) in [5.74, 6) is 1.48. The highest BCUT2D eigenvalue weighted by molar-refractivity contribution is 7.80. The van der Waals surface area contributed by atoms with Crippen LogP contribution in [0.15, 0.2) is 30.5 Å². The van der Waals surface area contributed by atoms with Crippen LogP contribution in [-0.4, -0.2) is 21.7 Å². The van der Waals surface area contributed by atoms with Crippen molar-refractivity contribution in [2.24, 2.45) is 7.05 Å². The summed E-state index contributed by atoms with van der Waals surface area (Å²) in [6.07, 6.45) is 1.89. The molecule has 0 amide bonds. The molecule has 0 unspecified atom stereocenters. The Labute approximate surface area is 121 Å². The molecule has 2 N–H and O–H groups in total. The largest absolute Gasteiger partial charge is 0.454 e. The van der Waals surface area contributed by atoms with Crippen LogP contribution in [0.5, 0.6) is 11.5 Å². The van der Waals surface area contributed by atoms with E-state index in [0.717, 1.165) is 22.9 Å². The average molecular weight is 290 g/mol. The molecule has 7 heteroatoms. The zero-order valence-corrected chi connectivity index (χ0v) is 11.7. The molecule has 2 aromatic rings. The summed E-state index contributed by atoms with van der Waals surface area (Å²) < 4.78 is 12.3. The first kappa shape index (κ1) is 12.7. The summed E-state index contributed by atoms with van der Waals surface area (Å²) in [6, 6.07) is 7.54. The van der Waals surface area contributed by atoms with Crippen LogP contribution in [0.1, 0.15) is 5.69 Å². The second-order valence-electron chi connectivity index (χ2n) is 4.36. The maximum absolute atomic E-state index is 5.31. The van der Waals surface area contributed by atoms with Crippen molar-refractivity contribution in [1.82, 2.24) is 15.1 Å². The third kappa shape index (κ3) is 2.83. The van der Waals surface area contributed by atoms with E-state index in [9.17, 15) is 0 Å². The Bertz CT molecular complexity index is 641. The standard InChI is InChI=1S/C13H14N4O2S/c1-17-5-4-10(16-17)7-14-13(20)15-9-2-3-11-12(6-9)19-8-18-11/h2-6H,7-8H2,1H3,(H2,14,15,20).